The van der Waals surface area contributed by atoms with Gasteiger partial charge in [-0.2, -0.15) is 0 Å². The van der Waals surface area contributed by atoms with E-state index >= 15 is 0 Å². The first kappa shape index (κ1) is 18.1. The zero-order valence-electron chi connectivity index (χ0n) is 13.1. The molecule has 0 radical (unpaired) electrons. The third-order valence-electron chi connectivity index (χ3n) is 3.32. The molecule has 0 spiro atoms. The van der Waals surface area contributed by atoms with Crippen molar-refractivity contribution in [2.24, 2.45) is 0 Å². The third-order valence-corrected chi connectivity index (χ3v) is 5.25. The van der Waals surface area contributed by atoms with Crippen molar-refractivity contribution in [1.29, 1.82) is 0 Å². The van der Waals surface area contributed by atoms with Crippen LogP contribution in [0, 0.1) is 0 Å². The molecule has 21 heavy (non-hydrogen) atoms. The summed E-state index contributed by atoms with van der Waals surface area (Å²) in [6, 6.07) is 5.69. The summed E-state index contributed by atoms with van der Waals surface area (Å²) < 4.78 is 25.7. The maximum absolute atomic E-state index is 12.1. The summed E-state index contributed by atoms with van der Waals surface area (Å²) in [5, 5.41) is 3.28. The molecular formula is C15H27N3O2S. The Bertz CT molecular complexity index is 477. The molecular weight excluding hydrogens is 286 g/mol. The van der Waals surface area contributed by atoms with Crippen LogP contribution in [0.25, 0.3) is 0 Å². The molecule has 1 heterocycles. The number of aromatic nitrogens is 1. The fraction of sp³-hybridized carbons (Fsp3) is 0.667. The fourth-order valence-electron chi connectivity index (χ4n) is 1.95. The monoisotopic (exact) mass is 313 g/mol. The van der Waals surface area contributed by atoms with Crippen LogP contribution in [0.15, 0.2) is 24.4 Å². The number of nitrogens with zero attached hydrogens (tertiary/aromatic N) is 2. The average Bonchev–Trinajstić information content (AvgIpc) is 2.49. The van der Waals surface area contributed by atoms with E-state index in [1.165, 1.54) is 4.31 Å². The summed E-state index contributed by atoms with van der Waals surface area (Å²) in [6.45, 7) is 4.49. The fourth-order valence-corrected chi connectivity index (χ4v) is 3.20. The number of rotatable bonds is 11. The Morgan fingerprint density at radius 3 is 2.71 bits per heavy atom. The number of sulfonamides is 1. The Morgan fingerprint density at radius 1 is 1.24 bits per heavy atom. The Balaban J connectivity index is 2.26. The molecule has 0 aliphatic rings. The number of hydrogen-bond acceptors (Lipinski definition) is 4. The largest absolute Gasteiger partial charge is 0.317 e. The van der Waals surface area contributed by atoms with Crippen molar-refractivity contribution in [3.05, 3.63) is 30.1 Å². The molecule has 0 amide bonds. The van der Waals surface area contributed by atoms with Crippen molar-refractivity contribution in [2.75, 3.05) is 32.4 Å². The Kier molecular flexibility index (Phi) is 8.49. The molecule has 1 aromatic rings. The SMILES string of the molecule is CCCNCCCCS(=O)(=O)N(C)CCc1ccccn1. The summed E-state index contributed by atoms with van der Waals surface area (Å²) in [7, 11) is -1.50. The van der Waals surface area contributed by atoms with Crippen LogP contribution in [-0.4, -0.2) is 50.1 Å². The molecule has 120 valence electrons. The highest BCUT2D eigenvalue weighted by molar-refractivity contribution is 7.89. The van der Waals surface area contributed by atoms with Crippen LogP contribution >= 0.6 is 0 Å². The minimum absolute atomic E-state index is 0.222. The van der Waals surface area contributed by atoms with Gasteiger partial charge in [0, 0.05) is 31.9 Å². The second-order valence-electron chi connectivity index (χ2n) is 5.17. The van der Waals surface area contributed by atoms with E-state index in [0.29, 0.717) is 19.4 Å². The Hall–Kier alpha value is -0.980. The van der Waals surface area contributed by atoms with E-state index in [1.54, 1.807) is 13.2 Å². The first-order chi connectivity index (χ1) is 10.1. The van der Waals surface area contributed by atoms with Gasteiger partial charge in [0.2, 0.25) is 10.0 Å². The van der Waals surface area contributed by atoms with Gasteiger partial charge < -0.3 is 5.32 Å². The summed E-state index contributed by atoms with van der Waals surface area (Å²) >= 11 is 0. The first-order valence-electron chi connectivity index (χ1n) is 7.61. The zero-order chi connectivity index (χ0) is 15.6. The maximum atomic E-state index is 12.1. The molecule has 0 atom stereocenters. The summed E-state index contributed by atoms with van der Waals surface area (Å²) in [5.41, 5.74) is 0.920. The van der Waals surface area contributed by atoms with Gasteiger partial charge in [0.05, 0.1) is 5.75 Å². The topological polar surface area (TPSA) is 62.3 Å². The number of unbranched alkanes of at least 4 members (excludes halogenated alkanes) is 1. The highest BCUT2D eigenvalue weighted by Gasteiger charge is 2.16. The molecule has 6 heteroatoms. The van der Waals surface area contributed by atoms with Gasteiger partial charge in [-0.3, -0.25) is 4.98 Å². The molecule has 0 saturated heterocycles. The second kappa shape index (κ2) is 9.87. The van der Waals surface area contributed by atoms with Crippen molar-refractivity contribution in [2.45, 2.75) is 32.6 Å². The molecule has 1 aromatic heterocycles. The van der Waals surface area contributed by atoms with Gasteiger partial charge in [0.25, 0.3) is 0 Å². The lowest BCUT2D eigenvalue weighted by Gasteiger charge is -2.16. The van der Waals surface area contributed by atoms with E-state index in [-0.39, 0.29) is 5.75 Å². The van der Waals surface area contributed by atoms with Gasteiger partial charge in [0.15, 0.2) is 0 Å². The van der Waals surface area contributed by atoms with Crippen LogP contribution < -0.4 is 5.32 Å². The quantitative estimate of drug-likeness (QED) is 0.631. The van der Waals surface area contributed by atoms with Crippen molar-refractivity contribution in [1.82, 2.24) is 14.6 Å². The smallest absolute Gasteiger partial charge is 0.213 e. The van der Waals surface area contributed by atoms with Gasteiger partial charge in [-0.1, -0.05) is 13.0 Å². The van der Waals surface area contributed by atoms with Crippen LogP contribution in [0.1, 0.15) is 31.9 Å². The molecule has 1 N–H and O–H groups in total. The summed E-state index contributed by atoms with van der Waals surface area (Å²) in [5.74, 6) is 0.222. The normalized spacial score (nSPS) is 12.0. The van der Waals surface area contributed by atoms with Crippen LogP contribution in [0.4, 0.5) is 0 Å². The lowest BCUT2D eigenvalue weighted by molar-refractivity contribution is 0.468. The molecule has 5 nitrogen and oxygen atoms in total. The van der Waals surface area contributed by atoms with E-state index in [2.05, 4.69) is 17.2 Å². The maximum Gasteiger partial charge on any atom is 0.213 e. The van der Waals surface area contributed by atoms with E-state index in [0.717, 1.165) is 31.6 Å². The highest BCUT2D eigenvalue weighted by atomic mass is 32.2. The predicted octanol–water partition coefficient (Wildman–Crippen LogP) is 1.67. The number of hydrogen-bond donors (Lipinski definition) is 1. The zero-order valence-corrected chi connectivity index (χ0v) is 13.9. The summed E-state index contributed by atoms with van der Waals surface area (Å²) in [4.78, 5) is 4.21. The van der Waals surface area contributed by atoms with Gasteiger partial charge >= 0.3 is 0 Å². The summed E-state index contributed by atoms with van der Waals surface area (Å²) in [6.07, 6.45) is 5.08. The van der Waals surface area contributed by atoms with Crippen molar-refractivity contribution in [3.63, 3.8) is 0 Å². The van der Waals surface area contributed by atoms with Gasteiger partial charge in [-0.05, 0) is 44.5 Å². The minimum atomic E-state index is -3.15. The average molecular weight is 313 g/mol. The van der Waals surface area contributed by atoms with E-state index < -0.39 is 10.0 Å². The van der Waals surface area contributed by atoms with Crippen molar-refractivity contribution < 1.29 is 8.42 Å². The van der Waals surface area contributed by atoms with Crippen LogP contribution in [0.2, 0.25) is 0 Å². The molecule has 0 unspecified atom stereocenters. The Morgan fingerprint density at radius 2 is 2.05 bits per heavy atom. The molecule has 0 bridgehead atoms. The third kappa shape index (κ3) is 7.55. The van der Waals surface area contributed by atoms with Crippen molar-refractivity contribution in [3.8, 4) is 0 Å². The predicted molar refractivity (Wildman–Crippen MR) is 86.8 cm³/mol. The van der Waals surface area contributed by atoms with Crippen LogP contribution in [0.3, 0.4) is 0 Å². The highest BCUT2D eigenvalue weighted by Crippen LogP contribution is 2.04. The van der Waals surface area contributed by atoms with E-state index in [4.69, 9.17) is 0 Å². The van der Waals surface area contributed by atoms with Crippen LogP contribution in [0.5, 0.6) is 0 Å². The number of pyridine rings is 1. The standard InChI is InChI=1S/C15H27N3O2S/c1-3-10-16-11-6-7-14-21(19,20)18(2)13-9-15-8-4-5-12-17-15/h4-5,8,12,16H,3,6-7,9-11,13-14H2,1-2H3. The lowest BCUT2D eigenvalue weighted by atomic mass is 10.3. The molecule has 0 aromatic carbocycles. The molecule has 0 saturated carbocycles. The lowest BCUT2D eigenvalue weighted by Crippen LogP contribution is -2.31. The van der Waals surface area contributed by atoms with Gasteiger partial charge in [-0.15, -0.1) is 0 Å². The molecule has 0 aliphatic carbocycles. The van der Waals surface area contributed by atoms with E-state index in [9.17, 15) is 8.42 Å². The first-order valence-corrected chi connectivity index (χ1v) is 9.22. The number of nitrogens with one attached hydrogen (secondary N) is 1. The van der Waals surface area contributed by atoms with E-state index in [1.807, 2.05) is 18.2 Å². The van der Waals surface area contributed by atoms with Gasteiger partial charge in [-0.25, -0.2) is 12.7 Å². The van der Waals surface area contributed by atoms with Crippen LogP contribution in [-0.2, 0) is 16.4 Å². The van der Waals surface area contributed by atoms with Crippen molar-refractivity contribution >= 4 is 10.0 Å². The minimum Gasteiger partial charge on any atom is -0.317 e. The molecule has 1 rings (SSSR count). The molecule has 0 fully saturated rings. The Labute approximate surface area is 128 Å². The second-order valence-corrected chi connectivity index (χ2v) is 7.36. The van der Waals surface area contributed by atoms with Gasteiger partial charge in [0.1, 0.15) is 0 Å². The number of likely N-dealkylation sites (N-methyl/N-ethyl adjacent to an activating group) is 1. The molecule has 0 aliphatic heterocycles.